The number of carbonyl (C=O) groups is 1. The lowest BCUT2D eigenvalue weighted by molar-refractivity contribution is 0.0220. The molecule has 1 saturated heterocycles. The summed E-state index contributed by atoms with van der Waals surface area (Å²) in [5.41, 5.74) is 3.21. The topological polar surface area (TPSA) is 49.6 Å². The van der Waals surface area contributed by atoms with E-state index in [1.54, 1.807) is 13.0 Å². The average molecular weight is 414 g/mol. The number of benzene rings is 1. The maximum atomic E-state index is 13.2. The van der Waals surface area contributed by atoms with Crippen LogP contribution >= 0.6 is 22.9 Å². The first-order chi connectivity index (χ1) is 13.6. The van der Waals surface area contributed by atoms with E-state index >= 15 is 0 Å². The zero-order valence-corrected chi connectivity index (χ0v) is 17.1. The monoisotopic (exact) mass is 413 g/mol. The van der Waals surface area contributed by atoms with Gasteiger partial charge in [-0.15, -0.1) is 11.3 Å². The number of amides is 1. The van der Waals surface area contributed by atoms with Gasteiger partial charge >= 0.3 is 0 Å². The maximum absolute atomic E-state index is 13.2. The molecule has 2 aliphatic heterocycles. The van der Waals surface area contributed by atoms with Crippen molar-refractivity contribution in [1.82, 2.24) is 15.0 Å². The second-order valence-electron chi connectivity index (χ2n) is 7.40. The van der Waals surface area contributed by atoms with Crippen molar-refractivity contribution in [2.75, 3.05) is 19.6 Å². The molecule has 1 fully saturated rings. The molecule has 2 aromatic heterocycles. The number of halogens is 1. The standard InChI is InChI=1S/C21H20ClN3O2S/c1-13-19(20(23-27-13)16-4-2-3-5-17(16)22)21(26)25-11-15(12-25)24-8-6-18-14(10-24)7-9-28-18/h2-5,7,9,15H,6,8,10-12H2,1H3. The Balaban J connectivity index is 1.32. The highest BCUT2D eigenvalue weighted by Gasteiger charge is 2.38. The summed E-state index contributed by atoms with van der Waals surface area (Å²) in [6.45, 7) is 5.32. The van der Waals surface area contributed by atoms with E-state index in [0.717, 1.165) is 38.2 Å². The van der Waals surface area contributed by atoms with Crippen molar-refractivity contribution in [3.8, 4) is 11.3 Å². The lowest BCUT2D eigenvalue weighted by Gasteiger charge is -2.46. The number of rotatable bonds is 3. The van der Waals surface area contributed by atoms with E-state index in [9.17, 15) is 4.79 Å². The minimum atomic E-state index is -0.0295. The smallest absolute Gasteiger partial charge is 0.259 e. The molecule has 0 atom stereocenters. The van der Waals surface area contributed by atoms with Gasteiger partial charge in [-0.05, 0) is 36.4 Å². The molecule has 3 aromatic rings. The molecule has 0 spiro atoms. The highest BCUT2D eigenvalue weighted by atomic mass is 35.5. The van der Waals surface area contributed by atoms with Crippen LogP contribution in [-0.2, 0) is 13.0 Å². The van der Waals surface area contributed by atoms with Crippen molar-refractivity contribution in [2.45, 2.75) is 25.9 Å². The molecule has 0 radical (unpaired) electrons. The Morgan fingerprint density at radius 2 is 2.11 bits per heavy atom. The minimum absolute atomic E-state index is 0.0295. The van der Waals surface area contributed by atoms with Crippen LogP contribution in [0.3, 0.4) is 0 Å². The van der Waals surface area contributed by atoms with Crippen LogP contribution in [0.15, 0.2) is 40.2 Å². The van der Waals surface area contributed by atoms with Crippen LogP contribution in [0.5, 0.6) is 0 Å². The third-order valence-corrected chi connectivity index (χ3v) is 7.06. The van der Waals surface area contributed by atoms with Gasteiger partial charge in [0.1, 0.15) is 17.0 Å². The van der Waals surface area contributed by atoms with Crippen LogP contribution in [0.2, 0.25) is 5.02 Å². The molecule has 0 bridgehead atoms. The molecule has 1 aromatic carbocycles. The summed E-state index contributed by atoms with van der Waals surface area (Å²) in [6.07, 6.45) is 1.11. The van der Waals surface area contributed by atoms with Gasteiger partial charge in [0, 0.05) is 42.7 Å². The predicted octanol–water partition coefficient (Wildman–Crippen LogP) is 4.25. The van der Waals surface area contributed by atoms with Gasteiger partial charge in [0.15, 0.2) is 0 Å². The van der Waals surface area contributed by atoms with Gasteiger partial charge in [0.05, 0.1) is 5.02 Å². The van der Waals surface area contributed by atoms with E-state index in [2.05, 4.69) is 21.5 Å². The zero-order chi connectivity index (χ0) is 19.3. The lowest BCUT2D eigenvalue weighted by Crippen LogP contribution is -2.61. The first-order valence-corrected chi connectivity index (χ1v) is 10.7. The summed E-state index contributed by atoms with van der Waals surface area (Å²) in [6, 6.07) is 10.0. The number of nitrogens with zero attached hydrogens (tertiary/aromatic N) is 3. The summed E-state index contributed by atoms with van der Waals surface area (Å²) >= 11 is 8.17. The number of aryl methyl sites for hydroxylation is 1. The third kappa shape index (κ3) is 2.96. The number of hydrogen-bond donors (Lipinski definition) is 0. The summed E-state index contributed by atoms with van der Waals surface area (Å²) in [5.74, 6) is 0.502. The van der Waals surface area contributed by atoms with Crippen molar-refractivity contribution in [1.29, 1.82) is 0 Å². The summed E-state index contributed by atoms with van der Waals surface area (Å²) in [4.78, 5) is 19.1. The molecule has 144 valence electrons. The third-order valence-electron chi connectivity index (χ3n) is 5.71. The normalized spacial score (nSPS) is 17.4. The lowest BCUT2D eigenvalue weighted by atomic mass is 9.99. The van der Waals surface area contributed by atoms with Gasteiger partial charge in [-0.1, -0.05) is 35.0 Å². The fourth-order valence-corrected chi connectivity index (χ4v) is 5.17. The van der Waals surface area contributed by atoms with Gasteiger partial charge in [-0.3, -0.25) is 9.69 Å². The van der Waals surface area contributed by atoms with Crippen molar-refractivity contribution >= 4 is 28.8 Å². The van der Waals surface area contributed by atoms with Crippen LogP contribution in [0.4, 0.5) is 0 Å². The van der Waals surface area contributed by atoms with Crippen molar-refractivity contribution in [3.63, 3.8) is 0 Å². The molecule has 2 aliphatic rings. The molecule has 1 amide bonds. The molecule has 0 unspecified atom stereocenters. The molecular formula is C21H20ClN3O2S. The highest BCUT2D eigenvalue weighted by molar-refractivity contribution is 7.10. The molecule has 4 heterocycles. The number of fused-ring (bicyclic) bond motifs is 1. The first-order valence-electron chi connectivity index (χ1n) is 9.41. The predicted molar refractivity (Wildman–Crippen MR) is 110 cm³/mol. The SMILES string of the molecule is Cc1onc(-c2ccccc2Cl)c1C(=O)N1CC(N2CCc3sccc3C2)C1. The van der Waals surface area contributed by atoms with Crippen molar-refractivity contribution in [3.05, 3.63) is 62.5 Å². The summed E-state index contributed by atoms with van der Waals surface area (Å²) in [5, 5.41) is 6.86. The van der Waals surface area contributed by atoms with Gasteiger partial charge in [0.25, 0.3) is 5.91 Å². The Labute approximate surface area is 172 Å². The van der Waals surface area contributed by atoms with Gasteiger partial charge in [-0.25, -0.2) is 0 Å². The minimum Gasteiger partial charge on any atom is -0.360 e. The van der Waals surface area contributed by atoms with E-state index in [4.69, 9.17) is 16.1 Å². The van der Waals surface area contributed by atoms with E-state index in [1.165, 1.54) is 10.4 Å². The Bertz CT molecular complexity index is 1040. The Morgan fingerprint density at radius 3 is 2.93 bits per heavy atom. The molecule has 5 rings (SSSR count). The van der Waals surface area contributed by atoms with Crippen LogP contribution in [0, 0.1) is 6.92 Å². The van der Waals surface area contributed by atoms with Crippen LogP contribution in [-0.4, -0.2) is 46.5 Å². The van der Waals surface area contributed by atoms with Crippen molar-refractivity contribution < 1.29 is 9.32 Å². The second kappa shape index (κ2) is 7.03. The fraction of sp³-hybridized carbons (Fsp3) is 0.333. The summed E-state index contributed by atoms with van der Waals surface area (Å²) in [7, 11) is 0. The maximum Gasteiger partial charge on any atom is 0.259 e. The molecule has 28 heavy (non-hydrogen) atoms. The van der Waals surface area contributed by atoms with E-state index in [1.807, 2.05) is 34.4 Å². The van der Waals surface area contributed by atoms with Gasteiger partial charge < -0.3 is 9.42 Å². The fourth-order valence-electron chi connectivity index (χ4n) is 4.05. The Hall–Kier alpha value is -2.15. The molecule has 5 nitrogen and oxygen atoms in total. The number of carbonyl (C=O) groups excluding carboxylic acids is 1. The first kappa shape index (κ1) is 17.9. The second-order valence-corrected chi connectivity index (χ2v) is 8.80. The number of hydrogen-bond acceptors (Lipinski definition) is 5. The molecule has 0 saturated carbocycles. The van der Waals surface area contributed by atoms with Crippen LogP contribution < -0.4 is 0 Å². The number of aromatic nitrogens is 1. The molecule has 0 aliphatic carbocycles. The van der Waals surface area contributed by atoms with Crippen LogP contribution in [0.1, 0.15) is 26.6 Å². The Morgan fingerprint density at radius 1 is 1.29 bits per heavy atom. The molecule has 0 N–H and O–H groups in total. The molecular weight excluding hydrogens is 394 g/mol. The summed E-state index contributed by atoms with van der Waals surface area (Å²) < 4.78 is 5.35. The zero-order valence-electron chi connectivity index (χ0n) is 15.5. The van der Waals surface area contributed by atoms with E-state index < -0.39 is 0 Å². The number of thiophene rings is 1. The van der Waals surface area contributed by atoms with E-state index in [-0.39, 0.29) is 5.91 Å². The highest BCUT2D eigenvalue weighted by Crippen LogP contribution is 2.33. The largest absolute Gasteiger partial charge is 0.360 e. The van der Waals surface area contributed by atoms with E-state index in [0.29, 0.717) is 28.1 Å². The number of likely N-dealkylation sites (tertiary alicyclic amines) is 1. The van der Waals surface area contributed by atoms with Gasteiger partial charge in [0.2, 0.25) is 0 Å². The Kier molecular flexibility index (Phi) is 4.50. The molecule has 7 heteroatoms. The van der Waals surface area contributed by atoms with Gasteiger partial charge in [-0.2, -0.15) is 0 Å². The quantitative estimate of drug-likeness (QED) is 0.644. The average Bonchev–Trinajstić information content (AvgIpc) is 3.26. The van der Waals surface area contributed by atoms with Crippen LogP contribution in [0.25, 0.3) is 11.3 Å². The van der Waals surface area contributed by atoms with Crippen molar-refractivity contribution in [2.24, 2.45) is 0 Å².